The van der Waals surface area contributed by atoms with Crippen molar-refractivity contribution in [2.75, 3.05) is 20.2 Å². The van der Waals surface area contributed by atoms with Gasteiger partial charge in [-0.3, -0.25) is 0 Å². The first-order chi connectivity index (χ1) is 8.31. The maximum atomic E-state index is 12.0. The molecule has 0 aromatic rings. The molecule has 0 amide bonds. The Kier molecular flexibility index (Phi) is 5.58. The van der Waals surface area contributed by atoms with Crippen LogP contribution in [-0.2, 0) is 14.8 Å². The Morgan fingerprint density at radius 1 is 1.28 bits per heavy atom. The second-order valence-corrected chi connectivity index (χ2v) is 7.66. The molecule has 0 aromatic heterocycles. The van der Waals surface area contributed by atoms with Crippen molar-refractivity contribution in [3.05, 3.63) is 0 Å². The van der Waals surface area contributed by atoms with E-state index in [0.29, 0.717) is 19.1 Å². The van der Waals surface area contributed by atoms with Gasteiger partial charge >= 0.3 is 0 Å². The van der Waals surface area contributed by atoms with Crippen LogP contribution in [0.1, 0.15) is 40.0 Å². The highest BCUT2D eigenvalue weighted by Gasteiger charge is 2.38. The van der Waals surface area contributed by atoms with Crippen molar-refractivity contribution in [2.45, 2.75) is 56.9 Å². The molecule has 2 N–H and O–H groups in total. The maximum Gasteiger partial charge on any atom is 0.215 e. The van der Waals surface area contributed by atoms with Crippen molar-refractivity contribution in [3.63, 3.8) is 0 Å². The van der Waals surface area contributed by atoms with Gasteiger partial charge in [0, 0.05) is 26.2 Å². The number of ether oxygens (including phenoxy) is 1. The van der Waals surface area contributed by atoms with Crippen LogP contribution in [0, 0.1) is 0 Å². The lowest BCUT2D eigenvalue weighted by atomic mass is 9.80. The SMILES string of the molecule is COC1(CNS(=O)(=O)C(C)CNC(C)C)CCC1. The molecule has 1 saturated carbocycles. The third kappa shape index (κ3) is 4.19. The molecule has 0 aliphatic heterocycles. The summed E-state index contributed by atoms with van der Waals surface area (Å²) < 4.78 is 32.2. The van der Waals surface area contributed by atoms with Crippen LogP contribution in [-0.4, -0.2) is 45.5 Å². The molecule has 0 aromatic carbocycles. The van der Waals surface area contributed by atoms with Gasteiger partial charge in [0.25, 0.3) is 0 Å². The van der Waals surface area contributed by atoms with Crippen LogP contribution in [0.15, 0.2) is 0 Å². The molecular formula is C12H26N2O3S. The quantitative estimate of drug-likeness (QED) is 0.691. The normalized spacial score (nSPS) is 20.7. The maximum absolute atomic E-state index is 12.0. The second kappa shape index (κ2) is 6.32. The zero-order valence-electron chi connectivity index (χ0n) is 11.8. The van der Waals surface area contributed by atoms with Gasteiger partial charge in [0.05, 0.1) is 10.9 Å². The standard InChI is InChI=1S/C12H26N2O3S/c1-10(2)13-8-11(3)18(15,16)14-9-12(17-4)6-5-7-12/h10-11,13-14H,5-9H2,1-4H3. The molecule has 1 rings (SSSR count). The predicted molar refractivity (Wildman–Crippen MR) is 73.1 cm³/mol. The predicted octanol–water partition coefficient (Wildman–Crippen LogP) is 0.861. The average molecular weight is 278 g/mol. The molecule has 1 unspecified atom stereocenters. The molecule has 0 saturated heterocycles. The summed E-state index contributed by atoms with van der Waals surface area (Å²) in [5.41, 5.74) is -0.266. The first-order valence-electron chi connectivity index (χ1n) is 6.58. The van der Waals surface area contributed by atoms with Gasteiger partial charge in [-0.1, -0.05) is 13.8 Å². The van der Waals surface area contributed by atoms with E-state index in [0.717, 1.165) is 19.3 Å². The third-order valence-corrected chi connectivity index (χ3v) is 5.41. The Hall–Kier alpha value is -0.170. The van der Waals surface area contributed by atoms with Crippen molar-refractivity contribution in [2.24, 2.45) is 0 Å². The summed E-state index contributed by atoms with van der Waals surface area (Å²) in [5.74, 6) is 0. The monoisotopic (exact) mass is 278 g/mol. The van der Waals surface area contributed by atoms with Gasteiger partial charge in [0.15, 0.2) is 0 Å². The molecule has 1 fully saturated rings. The fourth-order valence-corrected chi connectivity index (χ4v) is 2.97. The summed E-state index contributed by atoms with van der Waals surface area (Å²) in [6, 6.07) is 0.291. The van der Waals surface area contributed by atoms with Gasteiger partial charge in [-0.25, -0.2) is 13.1 Å². The number of hydrogen-bond donors (Lipinski definition) is 2. The molecule has 0 radical (unpaired) electrons. The molecule has 0 spiro atoms. The van der Waals surface area contributed by atoms with E-state index in [-0.39, 0.29) is 5.60 Å². The van der Waals surface area contributed by atoms with Crippen molar-refractivity contribution >= 4 is 10.0 Å². The Morgan fingerprint density at radius 2 is 1.89 bits per heavy atom. The number of sulfonamides is 1. The summed E-state index contributed by atoms with van der Waals surface area (Å²) in [6.45, 7) is 6.57. The largest absolute Gasteiger partial charge is 0.377 e. The third-order valence-electron chi connectivity index (χ3n) is 3.64. The van der Waals surface area contributed by atoms with Crippen LogP contribution in [0.25, 0.3) is 0 Å². The molecule has 108 valence electrons. The Labute approximate surface area is 111 Å². The molecule has 1 aliphatic carbocycles. The molecule has 18 heavy (non-hydrogen) atoms. The Morgan fingerprint density at radius 3 is 2.28 bits per heavy atom. The van der Waals surface area contributed by atoms with Crippen molar-refractivity contribution in [1.29, 1.82) is 0 Å². The first kappa shape index (κ1) is 15.9. The zero-order chi connectivity index (χ0) is 13.8. The van der Waals surface area contributed by atoms with Crippen molar-refractivity contribution < 1.29 is 13.2 Å². The zero-order valence-corrected chi connectivity index (χ0v) is 12.6. The summed E-state index contributed by atoms with van der Waals surface area (Å²) in [7, 11) is -1.62. The van der Waals surface area contributed by atoms with E-state index in [1.165, 1.54) is 0 Å². The summed E-state index contributed by atoms with van der Waals surface area (Å²) in [5, 5.41) is 2.70. The number of nitrogens with one attached hydrogen (secondary N) is 2. The fourth-order valence-electron chi connectivity index (χ4n) is 1.91. The summed E-state index contributed by atoms with van der Waals surface area (Å²) >= 11 is 0. The minimum Gasteiger partial charge on any atom is -0.377 e. The van der Waals surface area contributed by atoms with E-state index >= 15 is 0 Å². The van der Waals surface area contributed by atoms with Gasteiger partial charge in [-0.2, -0.15) is 0 Å². The molecule has 6 heteroatoms. The smallest absolute Gasteiger partial charge is 0.215 e. The molecular weight excluding hydrogens is 252 g/mol. The molecule has 0 heterocycles. The van der Waals surface area contributed by atoms with E-state index in [4.69, 9.17) is 4.74 Å². The Balaban J connectivity index is 2.43. The number of rotatable bonds is 8. The highest BCUT2D eigenvalue weighted by Crippen LogP contribution is 2.34. The fraction of sp³-hybridized carbons (Fsp3) is 1.00. The number of methoxy groups -OCH3 is 1. The van der Waals surface area contributed by atoms with Gasteiger partial charge in [0.2, 0.25) is 10.0 Å². The highest BCUT2D eigenvalue weighted by atomic mass is 32.2. The van der Waals surface area contributed by atoms with E-state index in [1.54, 1.807) is 14.0 Å². The van der Waals surface area contributed by atoms with Gasteiger partial charge in [0.1, 0.15) is 0 Å². The lowest BCUT2D eigenvalue weighted by Gasteiger charge is -2.40. The van der Waals surface area contributed by atoms with Crippen molar-refractivity contribution in [3.8, 4) is 0 Å². The minimum absolute atomic E-state index is 0.266. The summed E-state index contributed by atoms with van der Waals surface area (Å²) in [4.78, 5) is 0. The van der Waals surface area contributed by atoms with E-state index in [2.05, 4.69) is 10.0 Å². The van der Waals surface area contributed by atoms with Gasteiger partial charge < -0.3 is 10.1 Å². The Bertz CT molecular complexity index is 345. The topological polar surface area (TPSA) is 67.4 Å². The lowest BCUT2D eigenvalue weighted by Crippen LogP contribution is -2.51. The van der Waals surface area contributed by atoms with E-state index in [9.17, 15) is 8.42 Å². The summed E-state index contributed by atoms with van der Waals surface area (Å²) in [6.07, 6.45) is 2.98. The second-order valence-electron chi connectivity index (χ2n) is 5.48. The van der Waals surface area contributed by atoms with Crippen molar-refractivity contribution in [1.82, 2.24) is 10.0 Å². The van der Waals surface area contributed by atoms with Crippen LogP contribution < -0.4 is 10.0 Å². The van der Waals surface area contributed by atoms with Crippen LogP contribution in [0.2, 0.25) is 0 Å². The highest BCUT2D eigenvalue weighted by molar-refractivity contribution is 7.90. The van der Waals surface area contributed by atoms with Gasteiger partial charge in [-0.05, 0) is 26.2 Å². The van der Waals surface area contributed by atoms with Crippen LogP contribution in [0.4, 0.5) is 0 Å². The molecule has 1 aliphatic rings. The average Bonchev–Trinajstić information content (AvgIpc) is 2.24. The minimum atomic E-state index is -3.27. The van der Waals surface area contributed by atoms with E-state index < -0.39 is 15.3 Å². The first-order valence-corrected chi connectivity index (χ1v) is 8.13. The van der Waals surface area contributed by atoms with Crippen LogP contribution >= 0.6 is 0 Å². The van der Waals surface area contributed by atoms with Gasteiger partial charge in [-0.15, -0.1) is 0 Å². The molecule has 0 bridgehead atoms. The molecule has 1 atom stereocenters. The number of hydrogen-bond acceptors (Lipinski definition) is 4. The van der Waals surface area contributed by atoms with E-state index in [1.807, 2.05) is 13.8 Å². The molecule has 5 nitrogen and oxygen atoms in total. The van der Waals surface area contributed by atoms with Crippen LogP contribution in [0.5, 0.6) is 0 Å². The lowest BCUT2D eigenvalue weighted by molar-refractivity contribution is -0.0659. The van der Waals surface area contributed by atoms with Crippen LogP contribution in [0.3, 0.4) is 0 Å².